The molecule has 38 heavy (non-hydrogen) atoms. The van der Waals surface area contributed by atoms with Gasteiger partial charge in [0.05, 0.1) is 26.4 Å². The molecule has 1 N–H and O–H groups in total. The first-order chi connectivity index (χ1) is 18.7. The Bertz CT molecular complexity index is 535. The number of nitrogens with one attached hydrogen (secondary N) is 1. The average molecular weight is 578 g/mol. The summed E-state index contributed by atoms with van der Waals surface area (Å²) in [6, 6.07) is 0.706. The molecule has 0 amide bonds. The highest BCUT2D eigenvalue weighted by atomic mass is 32.2. The Morgan fingerprint density at radius 2 is 1.53 bits per heavy atom. The Kier molecular flexibility index (Phi) is 24.6. The Hall–Kier alpha value is -0.00312. The Labute approximate surface area is 239 Å². The van der Waals surface area contributed by atoms with Crippen LogP contribution >= 0.6 is 11.8 Å². The van der Waals surface area contributed by atoms with Crippen LogP contribution in [0.25, 0.3) is 0 Å². The summed E-state index contributed by atoms with van der Waals surface area (Å²) in [7, 11) is -2.88. The highest BCUT2D eigenvalue weighted by Gasteiger charge is 2.42. The van der Waals surface area contributed by atoms with Gasteiger partial charge in [-0.05, 0) is 38.0 Å². The molecule has 1 fully saturated rings. The van der Waals surface area contributed by atoms with Gasteiger partial charge in [0.1, 0.15) is 0 Å². The largest absolute Gasteiger partial charge is 0.518 e. The minimum absolute atomic E-state index is 0.301. The van der Waals surface area contributed by atoms with Crippen LogP contribution in [0, 0.1) is 5.92 Å². The minimum Gasteiger partial charge on any atom is -0.379 e. The van der Waals surface area contributed by atoms with E-state index in [0.29, 0.717) is 56.5 Å². The third kappa shape index (κ3) is 20.0. The fourth-order valence-corrected chi connectivity index (χ4v) is 7.81. The van der Waals surface area contributed by atoms with Crippen molar-refractivity contribution in [3.63, 3.8) is 0 Å². The summed E-state index contributed by atoms with van der Waals surface area (Å²) < 4.78 is 30.1. The van der Waals surface area contributed by atoms with Gasteiger partial charge in [-0.25, -0.2) is 5.48 Å². The second-order valence-electron chi connectivity index (χ2n) is 10.4. The lowest BCUT2D eigenvalue weighted by Crippen LogP contribution is -2.52. The van der Waals surface area contributed by atoms with Crippen molar-refractivity contribution >= 4 is 25.7 Å². The van der Waals surface area contributed by atoms with Gasteiger partial charge < -0.3 is 18.3 Å². The van der Waals surface area contributed by atoms with E-state index >= 15 is 0 Å². The number of carbonyl (C=O) groups is 1. The zero-order chi connectivity index (χ0) is 27.6. The van der Waals surface area contributed by atoms with Gasteiger partial charge in [-0.1, -0.05) is 90.3 Å². The van der Waals surface area contributed by atoms with Crippen LogP contribution in [0.4, 0.5) is 0 Å². The molecule has 9 heteroatoms. The smallest absolute Gasteiger partial charge is 0.379 e. The Morgan fingerprint density at radius 1 is 0.842 bits per heavy atom. The highest BCUT2D eigenvalue weighted by molar-refractivity contribution is 8.13. The lowest BCUT2D eigenvalue weighted by atomic mass is 9.99. The lowest BCUT2D eigenvalue weighted by Gasteiger charge is -2.33. The van der Waals surface area contributed by atoms with E-state index in [4.69, 9.17) is 22.9 Å². The van der Waals surface area contributed by atoms with Crippen molar-refractivity contribution in [2.45, 2.75) is 123 Å². The molecule has 1 heterocycles. The molecule has 2 atom stereocenters. The van der Waals surface area contributed by atoms with Crippen LogP contribution in [0.2, 0.25) is 6.04 Å². The lowest BCUT2D eigenvalue weighted by molar-refractivity contribution is -0.111. The second-order valence-corrected chi connectivity index (χ2v) is 14.2. The number of unbranched alkanes of at least 4 members (excludes halogenated alkanes) is 8. The van der Waals surface area contributed by atoms with Crippen molar-refractivity contribution in [3.8, 4) is 0 Å². The van der Waals surface area contributed by atoms with Gasteiger partial charge >= 0.3 is 8.80 Å². The molecule has 0 saturated carbocycles. The molecule has 0 spiro atoms. The Balaban J connectivity index is 2.35. The van der Waals surface area contributed by atoms with Crippen molar-refractivity contribution in [2.24, 2.45) is 5.92 Å². The normalized spacial score (nSPS) is 20.3. The van der Waals surface area contributed by atoms with Crippen molar-refractivity contribution in [1.82, 2.24) is 5.48 Å². The molecule has 2 unspecified atom stereocenters. The van der Waals surface area contributed by atoms with E-state index in [2.05, 4.69) is 26.3 Å². The van der Waals surface area contributed by atoms with Gasteiger partial charge in [0, 0.05) is 38.0 Å². The van der Waals surface area contributed by atoms with Crippen LogP contribution in [0.5, 0.6) is 0 Å². The molecule has 1 rings (SSSR count). The van der Waals surface area contributed by atoms with Gasteiger partial charge in [-0.2, -0.15) is 0 Å². The van der Waals surface area contributed by atoms with Gasteiger partial charge in [-0.3, -0.25) is 9.32 Å². The number of hydrogen-bond acceptors (Lipinski definition) is 8. The summed E-state index contributed by atoms with van der Waals surface area (Å²) in [5.74, 6) is 1.35. The summed E-state index contributed by atoms with van der Waals surface area (Å²) in [5.41, 5.74) is 3.20. The number of carbonyl (C=O) groups excluding carboxylic acids is 1. The van der Waals surface area contributed by atoms with E-state index in [-0.39, 0.29) is 0 Å². The first-order valence-corrected chi connectivity index (χ1v) is 18.6. The van der Waals surface area contributed by atoms with Crippen molar-refractivity contribution in [1.29, 1.82) is 0 Å². The quantitative estimate of drug-likeness (QED) is 0.0894. The third-order valence-corrected chi connectivity index (χ3v) is 10.6. The van der Waals surface area contributed by atoms with E-state index in [1.54, 1.807) is 0 Å². The molecule has 226 valence electrons. The molecule has 0 bridgehead atoms. The van der Waals surface area contributed by atoms with Gasteiger partial charge in [0.25, 0.3) is 0 Å². The number of ether oxygens (including phenoxy) is 2. The summed E-state index contributed by atoms with van der Waals surface area (Å²) in [6.07, 6.45) is 16.9. The fourth-order valence-electron chi connectivity index (χ4n) is 4.42. The van der Waals surface area contributed by atoms with E-state index in [1.165, 1.54) is 69.5 Å². The van der Waals surface area contributed by atoms with Gasteiger partial charge in [0.15, 0.2) is 5.12 Å². The zero-order valence-electron chi connectivity index (χ0n) is 24.9. The maximum absolute atomic E-state index is 12.3. The molecule has 0 aliphatic carbocycles. The standard InChI is InChI=1S/C29H59NO6SSi/c1-4-7-10-12-13-17-29(31)37-25-15-26-38(34-20-18-28(16-9-6-3)27-30-36-38)35-24-23-33-22-21-32-19-14-11-8-5-2/h28,30H,4-27H2,1-3H3. The maximum atomic E-state index is 12.3. The van der Waals surface area contributed by atoms with Crippen molar-refractivity contribution in [2.75, 3.05) is 51.9 Å². The first kappa shape index (κ1) is 36.0. The van der Waals surface area contributed by atoms with Crippen LogP contribution in [0.3, 0.4) is 0 Å². The first-order valence-electron chi connectivity index (χ1n) is 15.7. The van der Waals surface area contributed by atoms with Crippen molar-refractivity contribution in [3.05, 3.63) is 0 Å². The van der Waals surface area contributed by atoms with Crippen LogP contribution in [-0.4, -0.2) is 65.9 Å². The zero-order valence-corrected chi connectivity index (χ0v) is 26.7. The number of hydroxylamine groups is 1. The molecule has 1 aliphatic rings. The fraction of sp³-hybridized carbons (Fsp3) is 0.966. The summed E-state index contributed by atoms with van der Waals surface area (Å²) in [4.78, 5) is 12.3. The summed E-state index contributed by atoms with van der Waals surface area (Å²) in [5, 5.41) is 0.301. The predicted molar refractivity (Wildman–Crippen MR) is 160 cm³/mol. The number of hydrogen-bond donors (Lipinski definition) is 1. The molecule has 1 saturated heterocycles. The SMILES string of the molecule is CCCCCCCC(=O)SCCC[Si]1(OCCOCCOCCCCCC)OCCC(CCCC)CNO1. The van der Waals surface area contributed by atoms with Gasteiger partial charge in [-0.15, -0.1) is 0 Å². The molecular formula is C29H59NO6SSi. The molecule has 1 aliphatic heterocycles. The molecule has 0 aromatic heterocycles. The van der Waals surface area contributed by atoms with E-state index in [0.717, 1.165) is 51.0 Å². The minimum atomic E-state index is -2.88. The van der Waals surface area contributed by atoms with Gasteiger partial charge in [0.2, 0.25) is 0 Å². The van der Waals surface area contributed by atoms with Crippen LogP contribution < -0.4 is 5.48 Å². The number of thioether (sulfide) groups is 1. The average Bonchev–Trinajstić information content (AvgIpc) is 2.90. The number of rotatable bonds is 25. The highest BCUT2D eigenvalue weighted by Crippen LogP contribution is 2.24. The maximum Gasteiger partial charge on any atom is 0.518 e. The topological polar surface area (TPSA) is 75.3 Å². The van der Waals surface area contributed by atoms with Crippen molar-refractivity contribution < 1.29 is 27.6 Å². The Morgan fingerprint density at radius 3 is 2.29 bits per heavy atom. The molecule has 0 radical (unpaired) electrons. The summed E-state index contributed by atoms with van der Waals surface area (Å²) in [6.45, 7) is 11.1. The molecule has 0 aromatic rings. The van der Waals surface area contributed by atoms with E-state index < -0.39 is 8.80 Å². The van der Waals surface area contributed by atoms with Crippen LogP contribution in [-0.2, 0) is 27.6 Å². The molecule has 7 nitrogen and oxygen atoms in total. The van der Waals surface area contributed by atoms with E-state index in [9.17, 15) is 4.79 Å². The third-order valence-electron chi connectivity index (χ3n) is 6.85. The van der Waals surface area contributed by atoms with E-state index in [1.807, 2.05) is 0 Å². The molecule has 0 aromatic carbocycles. The van der Waals surface area contributed by atoms with Crippen LogP contribution in [0.1, 0.15) is 117 Å². The molecular weight excluding hydrogens is 518 g/mol. The second kappa shape index (κ2) is 25.9. The predicted octanol–water partition coefficient (Wildman–Crippen LogP) is 7.31. The monoisotopic (exact) mass is 577 g/mol. The van der Waals surface area contributed by atoms with Crippen LogP contribution in [0.15, 0.2) is 0 Å². The summed E-state index contributed by atoms with van der Waals surface area (Å²) >= 11 is 1.45.